The molecule has 1 aromatic rings. The van der Waals surface area contributed by atoms with Gasteiger partial charge in [-0.25, -0.2) is 4.79 Å². The molecular weight excluding hydrogens is 302 g/mol. The van der Waals surface area contributed by atoms with E-state index in [1.54, 1.807) is 0 Å². The van der Waals surface area contributed by atoms with E-state index < -0.39 is 5.60 Å². The van der Waals surface area contributed by atoms with Crippen LogP contribution in [0.5, 0.6) is 5.75 Å². The van der Waals surface area contributed by atoms with Gasteiger partial charge in [0.25, 0.3) is 0 Å². The maximum absolute atomic E-state index is 12.5. The Balaban J connectivity index is 1.67. The molecular formula is C20H29NO3. The molecule has 0 aromatic heterocycles. The highest BCUT2D eigenvalue weighted by atomic mass is 16.6. The highest BCUT2D eigenvalue weighted by Crippen LogP contribution is 2.43. The van der Waals surface area contributed by atoms with Gasteiger partial charge in [-0.05, 0) is 77.0 Å². The molecule has 3 rings (SSSR count). The van der Waals surface area contributed by atoms with Crippen molar-refractivity contribution in [2.75, 3.05) is 6.61 Å². The lowest BCUT2D eigenvalue weighted by Crippen LogP contribution is -2.48. The number of rotatable bonds is 3. The van der Waals surface area contributed by atoms with Crippen molar-refractivity contribution in [3.05, 3.63) is 29.8 Å². The molecule has 2 atom stereocenters. The molecule has 1 aromatic carbocycles. The smallest absolute Gasteiger partial charge is 0.410 e. The molecule has 2 heterocycles. The number of nitrogens with zero attached hydrogens (tertiary/aromatic N) is 1. The van der Waals surface area contributed by atoms with Gasteiger partial charge in [-0.3, -0.25) is 0 Å². The molecule has 1 amide bonds. The van der Waals surface area contributed by atoms with Crippen LogP contribution in [0, 0.1) is 0 Å². The molecule has 4 nitrogen and oxygen atoms in total. The first-order chi connectivity index (χ1) is 11.4. The molecule has 2 unspecified atom stereocenters. The molecule has 2 aliphatic rings. The summed E-state index contributed by atoms with van der Waals surface area (Å²) < 4.78 is 11.1. The van der Waals surface area contributed by atoms with Gasteiger partial charge in [-0.15, -0.1) is 0 Å². The summed E-state index contributed by atoms with van der Waals surface area (Å²) >= 11 is 0. The summed E-state index contributed by atoms with van der Waals surface area (Å²) in [6, 6.07) is 9.10. The van der Waals surface area contributed by atoms with Crippen molar-refractivity contribution in [1.82, 2.24) is 4.90 Å². The Morgan fingerprint density at radius 3 is 2.21 bits per heavy atom. The molecule has 2 saturated heterocycles. The van der Waals surface area contributed by atoms with Gasteiger partial charge in [0.15, 0.2) is 0 Å². The number of piperidine rings is 1. The fourth-order valence-corrected chi connectivity index (χ4v) is 4.06. The molecule has 0 spiro atoms. The predicted molar refractivity (Wildman–Crippen MR) is 94.5 cm³/mol. The minimum Gasteiger partial charge on any atom is -0.494 e. The van der Waals surface area contributed by atoms with E-state index in [2.05, 4.69) is 24.3 Å². The second-order valence-electron chi connectivity index (χ2n) is 7.94. The standard InChI is InChI=1S/C20H29NO3/c1-5-23-18-10-6-14(7-11-18)15-12-16-8-9-17(13-15)21(16)19(22)24-20(2,3)4/h6-7,10-11,15-17H,5,8-9,12-13H2,1-4H3. The van der Waals surface area contributed by atoms with Crippen molar-refractivity contribution in [3.8, 4) is 5.75 Å². The Morgan fingerprint density at radius 1 is 1.12 bits per heavy atom. The average Bonchev–Trinajstić information content (AvgIpc) is 2.77. The number of fused-ring (bicyclic) bond motifs is 2. The SMILES string of the molecule is CCOc1ccc(C2CC3CCC(C2)N3C(=O)OC(C)(C)C)cc1. The van der Waals surface area contributed by atoms with Crippen molar-refractivity contribution in [3.63, 3.8) is 0 Å². The Hall–Kier alpha value is -1.71. The lowest BCUT2D eigenvalue weighted by atomic mass is 9.85. The van der Waals surface area contributed by atoms with E-state index in [-0.39, 0.29) is 6.09 Å². The Kier molecular flexibility index (Phi) is 4.75. The summed E-state index contributed by atoms with van der Waals surface area (Å²) in [5.74, 6) is 1.45. The van der Waals surface area contributed by atoms with Crippen LogP contribution in [-0.2, 0) is 4.74 Å². The largest absolute Gasteiger partial charge is 0.494 e. The Morgan fingerprint density at radius 2 is 1.71 bits per heavy atom. The number of hydrogen-bond donors (Lipinski definition) is 0. The van der Waals surface area contributed by atoms with Crippen LogP contribution >= 0.6 is 0 Å². The first-order valence-corrected chi connectivity index (χ1v) is 9.11. The second kappa shape index (κ2) is 6.66. The highest BCUT2D eigenvalue weighted by molar-refractivity contribution is 5.69. The van der Waals surface area contributed by atoms with Crippen LogP contribution in [-0.4, -0.2) is 35.3 Å². The minimum absolute atomic E-state index is 0.139. The highest BCUT2D eigenvalue weighted by Gasteiger charge is 2.45. The normalized spacial score (nSPS) is 26.3. The fourth-order valence-electron chi connectivity index (χ4n) is 4.06. The number of carbonyl (C=O) groups excluding carboxylic acids is 1. The summed E-state index contributed by atoms with van der Waals surface area (Å²) in [5.41, 5.74) is 0.932. The maximum atomic E-state index is 12.5. The third kappa shape index (κ3) is 3.68. The quantitative estimate of drug-likeness (QED) is 0.803. The monoisotopic (exact) mass is 331 g/mol. The van der Waals surface area contributed by atoms with Crippen LogP contribution in [0.4, 0.5) is 4.79 Å². The Bertz CT molecular complexity index is 562. The molecule has 2 fully saturated rings. The van der Waals surface area contributed by atoms with Gasteiger partial charge in [0, 0.05) is 12.1 Å². The zero-order valence-electron chi connectivity index (χ0n) is 15.2. The van der Waals surface area contributed by atoms with Gasteiger partial charge in [0.1, 0.15) is 11.4 Å². The van der Waals surface area contributed by atoms with Crippen molar-refractivity contribution < 1.29 is 14.3 Å². The van der Waals surface area contributed by atoms with Gasteiger partial charge in [0.2, 0.25) is 0 Å². The lowest BCUT2D eigenvalue weighted by Gasteiger charge is -2.39. The van der Waals surface area contributed by atoms with Crippen molar-refractivity contribution in [2.45, 2.75) is 77.0 Å². The van der Waals surface area contributed by atoms with E-state index in [1.807, 2.05) is 32.6 Å². The molecule has 4 heteroatoms. The minimum atomic E-state index is -0.428. The van der Waals surface area contributed by atoms with Crippen molar-refractivity contribution in [1.29, 1.82) is 0 Å². The average molecular weight is 331 g/mol. The first kappa shape index (κ1) is 17.1. The number of hydrogen-bond acceptors (Lipinski definition) is 3. The second-order valence-corrected chi connectivity index (χ2v) is 7.94. The molecule has 0 N–H and O–H groups in total. The predicted octanol–water partition coefficient (Wildman–Crippen LogP) is 4.73. The molecule has 24 heavy (non-hydrogen) atoms. The van der Waals surface area contributed by atoms with E-state index in [0.29, 0.717) is 24.6 Å². The summed E-state index contributed by atoms with van der Waals surface area (Å²) in [6.45, 7) is 8.48. The zero-order valence-corrected chi connectivity index (χ0v) is 15.2. The number of ether oxygens (including phenoxy) is 2. The lowest BCUT2D eigenvalue weighted by molar-refractivity contribution is 0.00584. The van der Waals surface area contributed by atoms with Gasteiger partial charge in [-0.2, -0.15) is 0 Å². The fraction of sp³-hybridized carbons (Fsp3) is 0.650. The number of carbonyl (C=O) groups is 1. The van der Waals surface area contributed by atoms with Crippen molar-refractivity contribution in [2.24, 2.45) is 0 Å². The molecule has 2 aliphatic heterocycles. The van der Waals surface area contributed by atoms with Gasteiger partial charge < -0.3 is 14.4 Å². The van der Waals surface area contributed by atoms with Gasteiger partial charge in [-0.1, -0.05) is 12.1 Å². The maximum Gasteiger partial charge on any atom is 0.410 e. The first-order valence-electron chi connectivity index (χ1n) is 9.11. The third-order valence-corrected chi connectivity index (χ3v) is 5.00. The van der Waals surface area contributed by atoms with E-state index in [9.17, 15) is 4.79 Å². The summed E-state index contributed by atoms with van der Waals surface area (Å²) in [6.07, 6.45) is 4.11. The zero-order chi connectivity index (χ0) is 17.3. The van der Waals surface area contributed by atoms with E-state index in [1.165, 1.54) is 5.56 Å². The molecule has 2 bridgehead atoms. The number of benzene rings is 1. The van der Waals surface area contributed by atoms with Crippen LogP contribution in [0.1, 0.15) is 64.9 Å². The van der Waals surface area contributed by atoms with E-state index >= 15 is 0 Å². The summed E-state index contributed by atoms with van der Waals surface area (Å²) in [5, 5.41) is 0. The van der Waals surface area contributed by atoms with Crippen molar-refractivity contribution >= 4 is 6.09 Å². The van der Waals surface area contributed by atoms with E-state index in [4.69, 9.17) is 9.47 Å². The topological polar surface area (TPSA) is 38.8 Å². The Labute approximate surface area is 145 Å². The van der Waals surface area contributed by atoms with Gasteiger partial charge >= 0.3 is 6.09 Å². The summed E-state index contributed by atoms with van der Waals surface area (Å²) in [4.78, 5) is 14.5. The summed E-state index contributed by atoms with van der Waals surface area (Å²) in [7, 11) is 0. The van der Waals surface area contributed by atoms with E-state index in [0.717, 1.165) is 31.4 Å². The molecule has 0 aliphatic carbocycles. The molecule has 0 saturated carbocycles. The van der Waals surface area contributed by atoms with Gasteiger partial charge in [0.05, 0.1) is 6.61 Å². The molecule has 132 valence electrons. The van der Waals surface area contributed by atoms with Crippen LogP contribution in [0.25, 0.3) is 0 Å². The van der Waals surface area contributed by atoms with Crippen LogP contribution < -0.4 is 4.74 Å². The van der Waals surface area contributed by atoms with Crippen LogP contribution in [0.15, 0.2) is 24.3 Å². The number of amides is 1. The third-order valence-electron chi connectivity index (χ3n) is 5.00. The van der Waals surface area contributed by atoms with Crippen LogP contribution in [0.2, 0.25) is 0 Å². The van der Waals surface area contributed by atoms with Crippen LogP contribution in [0.3, 0.4) is 0 Å². The molecule has 0 radical (unpaired) electrons.